The number of piperidine rings is 1. The minimum Gasteiger partial charge on any atom is -0.486 e. The van der Waals surface area contributed by atoms with Crippen molar-refractivity contribution < 1.29 is 19.0 Å². The summed E-state index contributed by atoms with van der Waals surface area (Å²) >= 11 is 12.8. The molecule has 2 bridgehead atoms. The summed E-state index contributed by atoms with van der Waals surface area (Å²) in [6.45, 7) is 9.65. The van der Waals surface area contributed by atoms with Gasteiger partial charge in [0, 0.05) is 54.8 Å². The van der Waals surface area contributed by atoms with Crippen LogP contribution in [-0.2, 0) is 15.0 Å². The van der Waals surface area contributed by atoms with Gasteiger partial charge < -0.3 is 19.5 Å². The van der Waals surface area contributed by atoms with Gasteiger partial charge in [0.2, 0.25) is 0 Å². The van der Waals surface area contributed by atoms with Crippen LogP contribution in [0.25, 0.3) is 22.2 Å². The number of pyridine rings is 2. The molecule has 12 heteroatoms. The number of rotatable bonds is 6. The van der Waals surface area contributed by atoms with Crippen molar-refractivity contribution in [1.29, 1.82) is 0 Å². The maximum absolute atomic E-state index is 13.3. The Bertz CT molecular complexity index is 1740. The molecule has 4 aliphatic rings. The smallest absolute Gasteiger partial charge is 0.411 e. The summed E-state index contributed by atoms with van der Waals surface area (Å²) in [5.74, 6) is 0.652. The molecule has 4 aliphatic heterocycles. The summed E-state index contributed by atoms with van der Waals surface area (Å²) in [6.07, 6.45) is 7.96. The minimum absolute atomic E-state index is 0.0814. The predicted molar refractivity (Wildman–Crippen MR) is 176 cm³/mol. The van der Waals surface area contributed by atoms with E-state index >= 15 is 0 Å². The molecular weight excluding hydrogens is 627 g/mol. The number of nitrogens with zero attached hydrogens (tertiary/aromatic N) is 5. The summed E-state index contributed by atoms with van der Waals surface area (Å²) in [5, 5.41) is 10.4. The third kappa shape index (κ3) is 5.59. The number of carbonyl (C=O) groups is 1. The fraction of sp³-hybridized carbons (Fsp3) is 0.471. The van der Waals surface area contributed by atoms with E-state index in [0.29, 0.717) is 34.5 Å². The average Bonchev–Trinajstić information content (AvgIpc) is 3.39. The Hall–Kier alpha value is -3.44. The normalized spacial score (nSPS) is 23.6. The third-order valence-electron chi connectivity index (χ3n) is 9.02. The van der Waals surface area contributed by atoms with Gasteiger partial charge in [0.05, 0.1) is 27.3 Å². The highest BCUT2D eigenvalue weighted by Gasteiger charge is 2.59. The van der Waals surface area contributed by atoms with Crippen LogP contribution in [0.4, 0.5) is 4.79 Å². The predicted octanol–water partition coefficient (Wildman–Crippen LogP) is 7.45. The molecule has 8 rings (SSSR count). The van der Waals surface area contributed by atoms with Crippen LogP contribution in [0.2, 0.25) is 10.0 Å². The Kier molecular flexibility index (Phi) is 8.12. The van der Waals surface area contributed by atoms with Crippen molar-refractivity contribution >= 4 is 40.2 Å². The average molecular weight is 666 g/mol. The molecule has 4 atom stereocenters. The van der Waals surface area contributed by atoms with Gasteiger partial charge in [-0.25, -0.2) is 9.48 Å². The first-order valence-corrected chi connectivity index (χ1v) is 16.6. The number of piperazine rings is 1. The number of halogens is 2. The van der Waals surface area contributed by atoms with E-state index < -0.39 is 17.2 Å². The van der Waals surface area contributed by atoms with Crippen molar-refractivity contribution in [1.82, 2.24) is 30.0 Å². The minimum atomic E-state index is -0.577. The van der Waals surface area contributed by atoms with Gasteiger partial charge in [-0.2, -0.15) is 5.10 Å². The number of amides is 1. The maximum atomic E-state index is 13.3. The first-order chi connectivity index (χ1) is 22.0. The number of aromatic nitrogens is 4. The van der Waals surface area contributed by atoms with Crippen molar-refractivity contribution in [2.24, 2.45) is 0 Å². The molecule has 3 unspecified atom stereocenters. The molecule has 0 spiro atoms. The van der Waals surface area contributed by atoms with Crippen LogP contribution < -0.4 is 10.1 Å². The fourth-order valence-electron chi connectivity index (χ4n) is 6.96. The molecule has 0 saturated carbocycles. The zero-order chi connectivity index (χ0) is 32.2. The van der Waals surface area contributed by atoms with E-state index in [0.717, 1.165) is 60.1 Å². The van der Waals surface area contributed by atoms with E-state index in [2.05, 4.69) is 10.3 Å². The van der Waals surface area contributed by atoms with Gasteiger partial charge in [-0.05, 0) is 83.7 Å². The Morgan fingerprint density at radius 1 is 1.13 bits per heavy atom. The largest absolute Gasteiger partial charge is 0.486 e. The van der Waals surface area contributed by atoms with E-state index in [1.165, 1.54) is 0 Å². The van der Waals surface area contributed by atoms with Gasteiger partial charge in [0.25, 0.3) is 0 Å². The van der Waals surface area contributed by atoms with Crippen LogP contribution in [-0.4, -0.2) is 62.1 Å². The van der Waals surface area contributed by atoms with E-state index in [1.54, 1.807) is 12.4 Å². The fourth-order valence-corrected chi connectivity index (χ4v) is 7.63. The second-order valence-corrected chi connectivity index (χ2v) is 14.2. The molecule has 3 aromatic heterocycles. The van der Waals surface area contributed by atoms with Crippen LogP contribution in [0.1, 0.15) is 77.0 Å². The van der Waals surface area contributed by atoms with Gasteiger partial charge in [0.15, 0.2) is 6.23 Å². The number of carbonyl (C=O) groups excluding carboxylic acids is 1. The zero-order valence-electron chi connectivity index (χ0n) is 26.4. The lowest BCUT2D eigenvalue weighted by Crippen LogP contribution is -2.76. The van der Waals surface area contributed by atoms with E-state index in [1.807, 2.05) is 73.8 Å². The molecule has 1 amide bonds. The van der Waals surface area contributed by atoms with Gasteiger partial charge in [-0.3, -0.25) is 14.9 Å². The Balaban J connectivity index is 1.23. The molecule has 1 N–H and O–H groups in total. The van der Waals surface area contributed by atoms with Crippen LogP contribution >= 0.6 is 23.2 Å². The maximum Gasteiger partial charge on any atom is 0.411 e. The van der Waals surface area contributed by atoms with Crippen molar-refractivity contribution in [3.05, 3.63) is 70.2 Å². The summed E-state index contributed by atoms with van der Waals surface area (Å²) in [6, 6.07) is 10.1. The first kappa shape index (κ1) is 31.2. The highest BCUT2D eigenvalue weighted by atomic mass is 35.5. The zero-order valence-corrected chi connectivity index (χ0v) is 27.9. The van der Waals surface area contributed by atoms with Crippen molar-refractivity contribution in [3.63, 3.8) is 0 Å². The second kappa shape index (κ2) is 12.0. The first-order valence-electron chi connectivity index (χ1n) is 15.8. The van der Waals surface area contributed by atoms with Crippen molar-refractivity contribution in [3.8, 4) is 17.0 Å². The molecule has 0 radical (unpaired) electrons. The summed E-state index contributed by atoms with van der Waals surface area (Å²) in [7, 11) is 0. The Labute approximate surface area is 278 Å². The number of hydrogen-bond acceptors (Lipinski definition) is 8. The van der Waals surface area contributed by atoms with Crippen LogP contribution in [0.15, 0.2) is 48.9 Å². The van der Waals surface area contributed by atoms with Gasteiger partial charge in [-0.1, -0.05) is 23.2 Å². The molecule has 7 heterocycles. The Morgan fingerprint density at radius 3 is 2.61 bits per heavy atom. The monoisotopic (exact) mass is 664 g/mol. The van der Waals surface area contributed by atoms with Crippen molar-refractivity contribution in [2.45, 2.75) is 82.9 Å². The molecule has 46 heavy (non-hydrogen) atoms. The number of ether oxygens (including phenoxy) is 3. The number of hydrogen-bond donors (Lipinski definition) is 1. The van der Waals surface area contributed by atoms with Crippen LogP contribution in [0.5, 0.6) is 5.75 Å². The van der Waals surface area contributed by atoms with Gasteiger partial charge in [-0.15, -0.1) is 0 Å². The van der Waals surface area contributed by atoms with E-state index in [9.17, 15) is 4.79 Å². The molecule has 1 aromatic carbocycles. The van der Waals surface area contributed by atoms with Crippen LogP contribution in [0, 0.1) is 0 Å². The summed E-state index contributed by atoms with van der Waals surface area (Å²) < 4.78 is 20.3. The molecule has 4 aromatic rings. The quantitative estimate of drug-likeness (QED) is 0.227. The van der Waals surface area contributed by atoms with Crippen LogP contribution in [0.3, 0.4) is 0 Å². The SMILES string of the molecule is C[C@@H](Oc1ccc2c(c1)c(-c1ccc(C34CNCC(C3)N4C(=O)OC(C)(C)C)nc1)nn2C1CCCCO1)c1c(Cl)cncc1Cl. The van der Waals surface area contributed by atoms with Crippen molar-refractivity contribution in [2.75, 3.05) is 19.7 Å². The molecule has 4 saturated heterocycles. The molecule has 0 aliphatic carbocycles. The van der Waals surface area contributed by atoms with Gasteiger partial charge in [0.1, 0.15) is 28.7 Å². The van der Waals surface area contributed by atoms with Gasteiger partial charge >= 0.3 is 6.09 Å². The second-order valence-electron chi connectivity index (χ2n) is 13.4. The number of nitrogens with one attached hydrogen (secondary N) is 1. The topological polar surface area (TPSA) is 104 Å². The highest BCUT2D eigenvalue weighted by molar-refractivity contribution is 6.35. The Morgan fingerprint density at radius 2 is 1.93 bits per heavy atom. The standard InChI is InChI=1S/C34H38Cl2N6O4/c1-20(30-25(35)17-37-18-26(30)36)45-23-9-10-27-24(13-23)31(40-42(27)29-7-5-6-12-44-29)21-8-11-28(39-15-21)34-14-22(16-38-19-34)41(34)32(43)46-33(2,3)4/h8-11,13,15,17-18,20,22,29,38H,5-7,12,14,16,19H2,1-4H3/t20-,22?,29?,34?/m1/s1. The molecule has 242 valence electrons. The van der Waals surface area contributed by atoms with E-state index in [-0.39, 0.29) is 18.4 Å². The summed E-state index contributed by atoms with van der Waals surface area (Å²) in [5.41, 5.74) is 2.96. The lowest BCUT2D eigenvalue weighted by atomic mass is 9.72. The number of fused-ring (bicyclic) bond motifs is 3. The number of benzene rings is 1. The highest BCUT2D eigenvalue weighted by Crippen LogP contribution is 2.47. The molecule has 10 nitrogen and oxygen atoms in total. The van der Waals surface area contributed by atoms with E-state index in [4.69, 9.17) is 47.5 Å². The molecule has 4 fully saturated rings. The third-order valence-corrected chi connectivity index (χ3v) is 9.62. The lowest BCUT2D eigenvalue weighted by molar-refractivity contribution is -0.105. The summed E-state index contributed by atoms with van der Waals surface area (Å²) in [4.78, 5) is 24.1. The molecular formula is C34H38Cl2N6O4. The lowest BCUT2D eigenvalue weighted by Gasteiger charge is -2.61.